The highest BCUT2D eigenvalue weighted by Gasteiger charge is 2.41. The zero-order chi connectivity index (χ0) is 25.4. The molecule has 0 bridgehead atoms. The van der Waals surface area contributed by atoms with Crippen LogP contribution in [0.5, 0.6) is 0 Å². The molecular formula is C31H27FN4O. The third-order valence-corrected chi connectivity index (χ3v) is 7.31. The Labute approximate surface area is 215 Å². The third kappa shape index (κ3) is 4.14. The number of hydrogen-bond donors (Lipinski definition) is 1. The van der Waals surface area contributed by atoms with Gasteiger partial charge in [0.25, 0.3) is 5.91 Å². The van der Waals surface area contributed by atoms with Gasteiger partial charge in [-0.05, 0) is 40.5 Å². The lowest BCUT2D eigenvalue weighted by Crippen LogP contribution is -2.37. The first kappa shape index (κ1) is 23.0. The quantitative estimate of drug-likeness (QED) is 0.426. The second kappa shape index (κ2) is 9.21. The first-order valence-electron chi connectivity index (χ1n) is 12.4. The monoisotopic (exact) mass is 490 g/mol. The largest absolute Gasteiger partial charge is 0.370 e. The van der Waals surface area contributed by atoms with Crippen LogP contribution in [0.2, 0.25) is 0 Å². The molecule has 4 aromatic carbocycles. The van der Waals surface area contributed by atoms with Crippen molar-refractivity contribution < 1.29 is 9.18 Å². The lowest BCUT2D eigenvalue weighted by atomic mass is 9.83. The van der Waals surface area contributed by atoms with E-state index in [1.54, 1.807) is 11.0 Å². The SMILES string of the molecule is NC1=NC(c2ccccc2)(c2ccccc2)CN1Cc1cccc(C(=O)N2Cc3cccc(F)c3C2)c1. The Morgan fingerprint density at radius 2 is 1.54 bits per heavy atom. The van der Waals surface area contributed by atoms with Crippen molar-refractivity contribution in [2.24, 2.45) is 10.7 Å². The van der Waals surface area contributed by atoms with Gasteiger partial charge >= 0.3 is 0 Å². The Bertz CT molecular complexity index is 1450. The normalized spacial score (nSPS) is 16.0. The zero-order valence-corrected chi connectivity index (χ0v) is 20.3. The minimum absolute atomic E-state index is 0.108. The Morgan fingerprint density at radius 1 is 0.865 bits per heavy atom. The molecule has 0 spiro atoms. The average molecular weight is 491 g/mol. The number of carbonyl (C=O) groups is 1. The van der Waals surface area contributed by atoms with Crippen LogP contribution in [0.25, 0.3) is 0 Å². The summed E-state index contributed by atoms with van der Waals surface area (Å²) in [6.45, 7) is 1.81. The minimum Gasteiger partial charge on any atom is -0.370 e. The number of hydrogen-bond acceptors (Lipinski definition) is 4. The van der Waals surface area contributed by atoms with Gasteiger partial charge in [-0.25, -0.2) is 9.38 Å². The van der Waals surface area contributed by atoms with Crippen molar-refractivity contribution in [3.05, 3.63) is 142 Å². The van der Waals surface area contributed by atoms with Gasteiger partial charge in [0.2, 0.25) is 0 Å². The fourth-order valence-corrected chi connectivity index (χ4v) is 5.43. The predicted octanol–water partition coefficient (Wildman–Crippen LogP) is 5.06. The molecule has 6 heteroatoms. The second-order valence-corrected chi connectivity index (χ2v) is 9.66. The number of halogens is 1. The van der Waals surface area contributed by atoms with Crippen molar-refractivity contribution in [2.75, 3.05) is 6.54 Å². The van der Waals surface area contributed by atoms with Gasteiger partial charge in [0.1, 0.15) is 11.4 Å². The van der Waals surface area contributed by atoms with Crippen LogP contribution < -0.4 is 5.73 Å². The molecule has 0 saturated carbocycles. The predicted molar refractivity (Wildman–Crippen MR) is 142 cm³/mol. The van der Waals surface area contributed by atoms with Crippen LogP contribution in [0.4, 0.5) is 4.39 Å². The van der Waals surface area contributed by atoms with E-state index in [-0.39, 0.29) is 18.3 Å². The summed E-state index contributed by atoms with van der Waals surface area (Å²) in [6, 6.07) is 33.0. The number of carbonyl (C=O) groups excluding carboxylic acids is 1. The molecule has 2 aliphatic rings. The molecule has 2 aliphatic heterocycles. The molecule has 0 unspecified atom stereocenters. The molecule has 2 N–H and O–H groups in total. The van der Waals surface area contributed by atoms with E-state index in [0.717, 1.165) is 22.3 Å². The summed E-state index contributed by atoms with van der Waals surface area (Å²) in [4.78, 5) is 22.0. The zero-order valence-electron chi connectivity index (χ0n) is 20.3. The van der Waals surface area contributed by atoms with E-state index in [4.69, 9.17) is 10.7 Å². The summed E-state index contributed by atoms with van der Waals surface area (Å²) in [5, 5.41) is 0. The van der Waals surface area contributed by atoms with E-state index < -0.39 is 5.54 Å². The van der Waals surface area contributed by atoms with E-state index >= 15 is 0 Å². The average Bonchev–Trinajstić information content (AvgIpc) is 3.52. The highest BCUT2D eigenvalue weighted by atomic mass is 19.1. The molecule has 0 atom stereocenters. The fourth-order valence-electron chi connectivity index (χ4n) is 5.43. The van der Waals surface area contributed by atoms with E-state index in [2.05, 4.69) is 29.2 Å². The molecular weight excluding hydrogens is 463 g/mol. The van der Waals surface area contributed by atoms with E-state index in [1.165, 1.54) is 6.07 Å². The van der Waals surface area contributed by atoms with Crippen LogP contribution in [0.3, 0.4) is 0 Å². The minimum atomic E-state index is -0.606. The van der Waals surface area contributed by atoms with E-state index in [1.807, 2.05) is 66.7 Å². The standard InChI is InChI=1S/C31H27FN4O/c32-28-16-8-11-24-19-35(20-27(24)28)29(37)23-10-7-9-22(17-23)18-36-21-31(34-30(36)33,25-12-3-1-4-13-25)26-14-5-2-6-15-26/h1-17H,18-21H2,(H2,33,34). The third-order valence-electron chi connectivity index (χ3n) is 7.31. The molecule has 0 saturated heterocycles. The first-order valence-corrected chi connectivity index (χ1v) is 12.4. The first-order chi connectivity index (χ1) is 18.0. The smallest absolute Gasteiger partial charge is 0.254 e. The molecule has 6 rings (SSSR count). The van der Waals surface area contributed by atoms with Crippen molar-refractivity contribution in [1.82, 2.24) is 9.80 Å². The number of rotatable bonds is 5. The van der Waals surface area contributed by atoms with Gasteiger partial charge in [-0.3, -0.25) is 4.79 Å². The summed E-state index contributed by atoms with van der Waals surface area (Å²) < 4.78 is 14.2. The molecule has 184 valence electrons. The lowest BCUT2D eigenvalue weighted by molar-refractivity contribution is 0.0750. The Hall–Kier alpha value is -4.45. The summed E-state index contributed by atoms with van der Waals surface area (Å²) in [5.74, 6) is 0.101. The summed E-state index contributed by atoms with van der Waals surface area (Å²) in [6.07, 6.45) is 0. The number of nitrogens with two attached hydrogens (primary N) is 1. The molecule has 2 heterocycles. The fraction of sp³-hybridized carbons (Fsp3) is 0.161. The Kier molecular flexibility index (Phi) is 5.72. The van der Waals surface area contributed by atoms with Gasteiger partial charge < -0.3 is 15.5 Å². The molecule has 37 heavy (non-hydrogen) atoms. The van der Waals surface area contributed by atoms with Gasteiger partial charge in [-0.15, -0.1) is 0 Å². The summed E-state index contributed by atoms with van der Waals surface area (Å²) >= 11 is 0. The maximum Gasteiger partial charge on any atom is 0.254 e. The number of benzene rings is 4. The number of amides is 1. The van der Waals surface area contributed by atoms with Gasteiger partial charge in [-0.2, -0.15) is 0 Å². The highest BCUT2D eigenvalue weighted by molar-refractivity contribution is 5.94. The maximum atomic E-state index is 14.2. The number of guanidine groups is 1. The number of aliphatic imine (C=N–C) groups is 1. The Balaban J connectivity index is 1.24. The summed E-state index contributed by atoms with van der Waals surface area (Å²) in [7, 11) is 0. The topological polar surface area (TPSA) is 61.9 Å². The maximum absolute atomic E-state index is 14.2. The van der Waals surface area contributed by atoms with Crippen LogP contribution in [0, 0.1) is 5.82 Å². The highest BCUT2D eigenvalue weighted by Crippen LogP contribution is 2.38. The molecule has 1 amide bonds. The van der Waals surface area contributed by atoms with Gasteiger partial charge in [0, 0.05) is 30.8 Å². The van der Waals surface area contributed by atoms with Crippen LogP contribution >= 0.6 is 0 Å². The second-order valence-electron chi connectivity index (χ2n) is 9.66. The van der Waals surface area contributed by atoms with Crippen LogP contribution in [0.15, 0.2) is 108 Å². The van der Waals surface area contributed by atoms with Crippen LogP contribution in [-0.4, -0.2) is 28.2 Å². The van der Waals surface area contributed by atoms with E-state index in [9.17, 15) is 9.18 Å². The number of nitrogens with zero attached hydrogens (tertiary/aromatic N) is 3. The van der Waals surface area contributed by atoms with Crippen molar-refractivity contribution >= 4 is 11.9 Å². The van der Waals surface area contributed by atoms with Crippen molar-refractivity contribution in [3.8, 4) is 0 Å². The van der Waals surface area contributed by atoms with Crippen molar-refractivity contribution in [2.45, 2.75) is 25.2 Å². The molecule has 0 fully saturated rings. The van der Waals surface area contributed by atoms with Gasteiger partial charge in [-0.1, -0.05) is 84.9 Å². The van der Waals surface area contributed by atoms with E-state index in [0.29, 0.717) is 36.7 Å². The molecule has 4 aromatic rings. The lowest BCUT2D eigenvalue weighted by Gasteiger charge is -2.29. The summed E-state index contributed by atoms with van der Waals surface area (Å²) in [5.41, 5.74) is 11.1. The van der Waals surface area contributed by atoms with Gasteiger partial charge in [0.05, 0.1) is 6.54 Å². The Morgan fingerprint density at radius 3 is 2.22 bits per heavy atom. The molecule has 0 radical (unpaired) electrons. The molecule has 0 aromatic heterocycles. The number of fused-ring (bicyclic) bond motifs is 1. The molecule has 0 aliphatic carbocycles. The van der Waals surface area contributed by atoms with Crippen molar-refractivity contribution in [1.29, 1.82) is 0 Å². The van der Waals surface area contributed by atoms with Crippen LogP contribution in [-0.2, 0) is 25.2 Å². The molecule has 5 nitrogen and oxygen atoms in total. The van der Waals surface area contributed by atoms with Crippen LogP contribution in [0.1, 0.15) is 38.2 Å². The van der Waals surface area contributed by atoms with Gasteiger partial charge in [0.15, 0.2) is 5.96 Å². The van der Waals surface area contributed by atoms with Crippen molar-refractivity contribution in [3.63, 3.8) is 0 Å².